The standard InChI is InChI=1S/C18H14N4/c19-12-17-16(15-4-2-1-3-5-15)8-11-21-18(17)22-13-14-6-9-20-10-7-14/h1-11H,13H2,(H,21,22). The first kappa shape index (κ1) is 13.8. The van der Waals surface area contributed by atoms with Crippen molar-refractivity contribution < 1.29 is 0 Å². The number of pyridine rings is 2. The summed E-state index contributed by atoms with van der Waals surface area (Å²) in [7, 11) is 0. The number of nitrogens with zero attached hydrogens (tertiary/aromatic N) is 3. The van der Waals surface area contributed by atoms with E-state index in [1.807, 2.05) is 48.5 Å². The van der Waals surface area contributed by atoms with Gasteiger partial charge in [-0.3, -0.25) is 4.98 Å². The van der Waals surface area contributed by atoms with Crippen molar-refractivity contribution >= 4 is 5.82 Å². The van der Waals surface area contributed by atoms with Gasteiger partial charge in [-0.25, -0.2) is 4.98 Å². The third-order valence-corrected chi connectivity index (χ3v) is 3.36. The Labute approximate surface area is 129 Å². The van der Waals surface area contributed by atoms with E-state index in [1.165, 1.54) is 0 Å². The molecule has 1 aromatic carbocycles. The summed E-state index contributed by atoms with van der Waals surface area (Å²) in [6.07, 6.45) is 5.21. The first-order valence-corrected chi connectivity index (χ1v) is 6.96. The predicted octanol–water partition coefficient (Wildman–Crippen LogP) is 3.63. The molecule has 4 nitrogen and oxygen atoms in total. The van der Waals surface area contributed by atoms with Gasteiger partial charge in [-0.15, -0.1) is 0 Å². The molecule has 3 rings (SSSR count). The van der Waals surface area contributed by atoms with Crippen LogP contribution >= 0.6 is 0 Å². The third kappa shape index (κ3) is 2.94. The molecule has 0 aliphatic carbocycles. The Kier molecular flexibility index (Phi) is 4.08. The van der Waals surface area contributed by atoms with E-state index in [4.69, 9.17) is 0 Å². The van der Waals surface area contributed by atoms with E-state index in [2.05, 4.69) is 21.4 Å². The molecule has 0 radical (unpaired) electrons. The maximum Gasteiger partial charge on any atom is 0.144 e. The number of aromatic nitrogens is 2. The van der Waals surface area contributed by atoms with Crippen LogP contribution in [0.2, 0.25) is 0 Å². The fourth-order valence-corrected chi connectivity index (χ4v) is 2.25. The number of benzene rings is 1. The molecule has 4 heteroatoms. The lowest BCUT2D eigenvalue weighted by molar-refractivity contribution is 1.09. The molecule has 106 valence electrons. The van der Waals surface area contributed by atoms with Crippen LogP contribution < -0.4 is 5.32 Å². The van der Waals surface area contributed by atoms with Gasteiger partial charge in [-0.1, -0.05) is 30.3 Å². The molecule has 3 aromatic rings. The highest BCUT2D eigenvalue weighted by Crippen LogP contribution is 2.27. The van der Waals surface area contributed by atoms with Crippen LogP contribution in [0.15, 0.2) is 67.1 Å². The number of rotatable bonds is 4. The molecule has 22 heavy (non-hydrogen) atoms. The largest absolute Gasteiger partial charge is 0.365 e. The third-order valence-electron chi connectivity index (χ3n) is 3.36. The maximum absolute atomic E-state index is 9.52. The van der Waals surface area contributed by atoms with E-state index in [9.17, 15) is 5.26 Å². The van der Waals surface area contributed by atoms with Gasteiger partial charge in [0.1, 0.15) is 17.5 Å². The quantitative estimate of drug-likeness (QED) is 0.795. The molecule has 0 unspecified atom stereocenters. The van der Waals surface area contributed by atoms with Crippen LogP contribution in [0.3, 0.4) is 0 Å². The Hall–Kier alpha value is -3.19. The second-order valence-electron chi connectivity index (χ2n) is 4.77. The molecule has 0 spiro atoms. The smallest absolute Gasteiger partial charge is 0.144 e. The molecule has 0 amide bonds. The van der Waals surface area contributed by atoms with Crippen molar-refractivity contribution in [1.29, 1.82) is 5.26 Å². The summed E-state index contributed by atoms with van der Waals surface area (Å²) < 4.78 is 0. The first-order chi connectivity index (χ1) is 10.9. The van der Waals surface area contributed by atoms with Crippen LogP contribution in [0, 0.1) is 11.3 Å². The highest BCUT2D eigenvalue weighted by atomic mass is 15.0. The Bertz CT molecular complexity index is 792. The summed E-state index contributed by atoms with van der Waals surface area (Å²) >= 11 is 0. The zero-order chi connectivity index (χ0) is 15.2. The predicted molar refractivity (Wildman–Crippen MR) is 86.0 cm³/mol. The minimum absolute atomic E-state index is 0.558. The van der Waals surface area contributed by atoms with Crippen molar-refractivity contribution in [2.45, 2.75) is 6.54 Å². The number of nitrogens with one attached hydrogen (secondary N) is 1. The van der Waals surface area contributed by atoms with Crippen molar-refractivity contribution in [1.82, 2.24) is 9.97 Å². The van der Waals surface area contributed by atoms with Gasteiger partial charge in [0.25, 0.3) is 0 Å². The lowest BCUT2D eigenvalue weighted by Gasteiger charge is -2.10. The van der Waals surface area contributed by atoms with E-state index in [1.54, 1.807) is 18.6 Å². The van der Waals surface area contributed by atoms with E-state index in [0.717, 1.165) is 16.7 Å². The van der Waals surface area contributed by atoms with Crippen molar-refractivity contribution in [2.24, 2.45) is 0 Å². The molecular weight excluding hydrogens is 272 g/mol. The van der Waals surface area contributed by atoms with Gasteiger partial charge >= 0.3 is 0 Å². The summed E-state index contributed by atoms with van der Waals surface area (Å²) in [5, 5.41) is 12.7. The van der Waals surface area contributed by atoms with Crippen LogP contribution in [0.4, 0.5) is 5.82 Å². The van der Waals surface area contributed by atoms with Crippen LogP contribution in [0.25, 0.3) is 11.1 Å². The minimum atomic E-state index is 0.558. The zero-order valence-electron chi connectivity index (χ0n) is 11.9. The zero-order valence-corrected chi connectivity index (χ0v) is 11.9. The number of nitriles is 1. The average molecular weight is 286 g/mol. The Balaban J connectivity index is 1.91. The lowest BCUT2D eigenvalue weighted by atomic mass is 10.0. The molecule has 2 aromatic heterocycles. The second-order valence-corrected chi connectivity index (χ2v) is 4.77. The SMILES string of the molecule is N#Cc1c(-c2ccccc2)ccnc1NCc1ccncc1. The molecule has 0 fully saturated rings. The van der Waals surface area contributed by atoms with Gasteiger partial charge in [0.05, 0.1) is 0 Å². The first-order valence-electron chi connectivity index (χ1n) is 6.96. The van der Waals surface area contributed by atoms with E-state index >= 15 is 0 Å². The van der Waals surface area contributed by atoms with E-state index < -0.39 is 0 Å². The molecular formula is C18H14N4. The highest BCUT2D eigenvalue weighted by molar-refractivity contribution is 5.75. The van der Waals surface area contributed by atoms with Gasteiger partial charge < -0.3 is 5.32 Å². The fraction of sp³-hybridized carbons (Fsp3) is 0.0556. The molecule has 0 saturated carbocycles. The van der Waals surface area contributed by atoms with Gasteiger partial charge in [-0.2, -0.15) is 5.26 Å². The monoisotopic (exact) mass is 286 g/mol. The topological polar surface area (TPSA) is 61.6 Å². The molecule has 0 atom stereocenters. The highest BCUT2D eigenvalue weighted by Gasteiger charge is 2.10. The van der Waals surface area contributed by atoms with Crippen molar-refractivity contribution in [3.8, 4) is 17.2 Å². The normalized spacial score (nSPS) is 9.95. The Morgan fingerprint density at radius 2 is 1.73 bits per heavy atom. The van der Waals surface area contributed by atoms with E-state index in [0.29, 0.717) is 17.9 Å². The number of hydrogen-bond donors (Lipinski definition) is 1. The van der Waals surface area contributed by atoms with Crippen LogP contribution in [-0.4, -0.2) is 9.97 Å². The van der Waals surface area contributed by atoms with Gasteiger partial charge in [0, 0.05) is 30.7 Å². The van der Waals surface area contributed by atoms with Gasteiger partial charge in [0.15, 0.2) is 0 Å². The molecule has 0 aliphatic rings. The number of anilines is 1. The van der Waals surface area contributed by atoms with Crippen LogP contribution in [0.1, 0.15) is 11.1 Å². The lowest BCUT2D eigenvalue weighted by Crippen LogP contribution is -2.04. The Morgan fingerprint density at radius 1 is 0.955 bits per heavy atom. The van der Waals surface area contributed by atoms with Crippen molar-refractivity contribution in [3.05, 3.63) is 78.2 Å². The molecule has 0 saturated heterocycles. The molecule has 2 heterocycles. The Morgan fingerprint density at radius 3 is 2.45 bits per heavy atom. The van der Waals surface area contributed by atoms with Gasteiger partial charge in [-0.05, 0) is 29.3 Å². The van der Waals surface area contributed by atoms with Crippen LogP contribution in [0.5, 0.6) is 0 Å². The average Bonchev–Trinajstić information content (AvgIpc) is 2.61. The van der Waals surface area contributed by atoms with E-state index in [-0.39, 0.29) is 0 Å². The van der Waals surface area contributed by atoms with Crippen molar-refractivity contribution in [2.75, 3.05) is 5.32 Å². The maximum atomic E-state index is 9.52. The summed E-state index contributed by atoms with van der Waals surface area (Å²) in [5.41, 5.74) is 3.54. The minimum Gasteiger partial charge on any atom is -0.365 e. The summed E-state index contributed by atoms with van der Waals surface area (Å²) in [6, 6.07) is 17.8. The summed E-state index contributed by atoms with van der Waals surface area (Å²) in [5.74, 6) is 0.598. The fourth-order valence-electron chi connectivity index (χ4n) is 2.25. The summed E-state index contributed by atoms with van der Waals surface area (Å²) in [6.45, 7) is 0.600. The summed E-state index contributed by atoms with van der Waals surface area (Å²) in [4.78, 5) is 8.29. The van der Waals surface area contributed by atoms with Crippen molar-refractivity contribution in [3.63, 3.8) is 0 Å². The second kappa shape index (κ2) is 6.51. The van der Waals surface area contributed by atoms with Crippen LogP contribution in [-0.2, 0) is 6.54 Å². The molecule has 0 aliphatic heterocycles. The molecule has 1 N–H and O–H groups in total. The number of hydrogen-bond acceptors (Lipinski definition) is 4. The van der Waals surface area contributed by atoms with Gasteiger partial charge in [0.2, 0.25) is 0 Å². The molecule has 0 bridgehead atoms.